The number of imidazole rings is 1. The van der Waals surface area contributed by atoms with Gasteiger partial charge < -0.3 is 9.72 Å². The van der Waals surface area contributed by atoms with Gasteiger partial charge >= 0.3 is 6.09 Å². The van der Waals surface area contributed by atoms with E-state index in [2.05, 4.69) is 20.0 Å². The van der Waals surface area contributed by atoms with Crippen LogP contribution in [0.2, 0.25) is 0 Å². The van der Waals surface area contributed by atoms with Gasteiger partial charge in [-0.15, -0.1) is 0 Å². The Balaban J connectivity index is 2.43. The van der Waals surface area contributed by atoms with Crippen molar-refractivity contribution in [1.82, 2.24) is 9.97 Å². The summed E-state index contributed by atoms with van der Waals surface area (Å²) in [6.45, 7) is 0. The first-order valence-electron chi connectivity index (χ1n) is 4.95. The van der Waals surface area contributed by atoms with Crippen LogP contribution in [-0.2, 0) is 14.6 Å². The number of methoxy groups -OCH3 is 1. The highest BCUT2D eigenvalue weighted by molar-refractivity contribution is 7.90. The van der Waals surface area contributed by atoms with E-state index in [1.807, 2.05) is 0 Å². The number of amides is 1. The molecule has 0 aliphatic rings. The number of anilines is 1. The fourth-order valence-electron chi connectivity index (χ4n) is 1.43. The van der Waals surface area contributed by atoms with E-state index in [9.17, 15) is 13.2 Å². The monoisotopic (exact) mass is 269 g/mol. The number of fused-ring (bicyclic) bond motifs is 1. The molecule has 96 valence electrons. The minimum Gasteiger partial charge on any atom is -0.453 e. The first-order valence-corrected chi connectivity index (χ1v) is 6.84. The molecule has 2 rings (SSSR count). The maximum Gasteiger partial charge on any atom is 0.413 e. The van der Waals surface area contributed by atoms with Gasteiger partial charge in [-0.05, 0) is 18.2 Å². The number of hydrogen-bond donors (Lipinski definition) is 2. The first kappa shape index (κ1) is 12.4. The molecule has 0 atom stereocenters. The van der Waals surface area contributed by atoms with Crippen molar-refractivity contribution < 1.29 is 17.9 Å². The van der Waals surface area contributed by atoms with Crippen molar-refractivity contribution in [2.24, 2.45) is 0 Å². The van der Waals surface area contributed by atoms with Crippen LogP contribution in [-0.4, -0.2) is 37.8 Å². The second kappa shape index (κ2) is 4.30. The minimum absolute atomic E-state index is 0.184. The van der Waals surface area contributed by atoms with Gasteiger partial charge in [-0.25, -0.2) is 18.2 Å². The minimum atomic E-state index is -3.27. The van der Waals surface area contributed by atoms with E-state index in [4.69, 9.17) is 0 Å². The number of rotatable bonds is 2. The lowest BCUT2D eigenvalue weighted by molar-refractivity contribution is 0.186. The van der Waals surface area contributed by atoms with E-state index < -0.39 is 15.9 Å². The molecule has 7 nitrogen and oxygen atoms in total. The molecule has 0 fully saturated rings. The van der Waals surface area contributed by atoms with E-state index >= 15 is 0 Å². The molecule has 18 heavy (non-hydrogen) atoms. The lowest BCUT2D eigenvalue weighted by Gasteiger charge is -1.97. The highest BCUT2D eigenvalue weighted by atomic mass is 32.2. The average molecular weight is 269 g/mol. The normalized spacial score (nSPS) is 11.4. The number of carbonyl (C=O) groups is 1. The van der Waals surface area contributed by atoms with Crippen molar-refractivity contribution in [3.05, 3.63) is 18.2 Å². The maximum atomic E-state index is 11.4. The number of hydrogen-bond acceptors (Lipinski definition) is 5. The summed E-state index contributed by atoms with van der Waals surface area (Å²) in [6.07, 6.45) is 0.468. The predicted molar refractivity (Wildman–Crippen MR) is 65.2 cm³/mol. The van der Waals surface area contributed by atoms with Crippen molar-refractivity contribution >= 4 is 32.9 Å². The summed E-state index contributed by atoms with van der Waals surface area (Å²) in [7, 11) is -2.04. The molecule has 0 aliphatic carbocycles. The number of carbonyl (C=O) groups excluding carboxylic acids is 1. The Bertz CT molecular complexity index is 705. The largest absolute Gasteiger partial charge is 0.453 e. The molecule has 0 spiro atoms. The van der Waals surface area contributed by atoms with Gasteiger partial charge in [-0.1, -0.05) is 0 Å². The summed E-state index contributed by atoms with van der Waals surface area (Å²) in [6, 6.07) is 4.48. The smallest absolute Gasteiger partial charge is 0.413 e. The Labute approximate surface area is 103 Å². The maximum absolute atomic E-state index is 11.4. The number of benzene rings is 1. The van der Waals surface area contributed by atoms with E-state index in [1.54, 1.807) is 6.07 Å². The van der Waals surface area contributed by atoms with Crippen LogP contribution in [0.1, 0.15) is 0 Å². The van der Waals surface area contributed by atoms with E-state index in [0.717, 1.165) is 6.26 Å². The number of aromatic nitrogens is 2. The second-order valence-electron chi connectivity index (χ2n) is 3.65. The lowest BCUT2D eigenvalue weighted by atomic mass is 10.3. The highest BCUT2D eigenvalue weighted by Crippen LogP contribution is 2.19. The Morgan fingerprint density at radius 1 is 1.44 bits per heavy atom. The Hall–Kier alpha value is -2.09. The third-order valence-corrected chi connectivity index (χ3v) is 3.40. The van der Waals surface area contributed by atoms with Crippen LogP contribution in [0.3, 0.4) is 0 Å². The number of nitrogens with zero attached hydrogens (tertiary/aromatic N) is 1. The molecule has 1 aromatic carbocycles. The van der Waals surface area contributed by atoms with Gasteiger partial charge in [0.2, 0.25) is 5.95 Å². The molecule has 1 heterocycles. The fraction of sp³-hybridized carbons (Fsp3) is 0.200. The predicted octanol–water partition coefficient (Wildman–Crippen LogP) is 1.14. The molecule has 1 aromatic heterocycles. The van der Waals surface area contributed by atoms with Crippen molar-refractivity contribution in [3.63, 3.8) is 0 Å². The van der Waals surface area contributed by atoms with Gasteiger partial charge in [-0.2, -0.15) is 0 Å². The Morgan fingerprint density at radius 2 is 2.17 bits per heavy atom. The Morgan fingerprint density at radius 3 is 2.78 bits per heavy atom. The molecule has 8 heteroatoms. The molecule has 2 N–H and O–H groups in total. The van der Waals surface area contributed by atoms with Crippen molar-refractivity contribution in [3.8, 4) is 0 Å². The number of ether oxygens (including phenoxy) is 1. The molecule has 0 saturated carbocycles. The number of aromatic amines is 1. The summed E-state index contributed by atoms with van der Waals surface area (Å²) in [4.78, 5) is 18.0. The van der Waals surface area contributed by atoms with Crippen molar-refractivity contribution in [2.75, 3.05) is 18.7 Å². The van der Waals surface area contributed by atoms with Gasteiger partial charge in [0, 0.05) is 6.26 Å². The Kier molecular flexibility index (Phi) is 2.95. The zero-order valence-corrected chi connectivity index (χ0v) is 10.5. The van der Waals surface area contributed by atoms with Gasteiger partial charge in [0.05, 0.1) is 23.0 Å². The van der Waals surface area contributed by atoms with Gasteiger partial charge in [0.15, 0.2) is 9.84 Å². The van der Waals surface area contributed by atoms with Gasteiger partial charge in [-0.3, -0.25) is 5.32 Å². The molecule has 0 aliphatic heterocycles. The SMILES string of the molecule is COC(=O)Nc1nc2ccc(S(C)(=O)=O)cc2[nH]1. The molecule has 0 bridgehead atoms. The van der Waals surface area contributed by atoms with Crippen LogP contribution >= 0.6 is 0 Å². The van der Waals surface area contributed by atoms with Crippen LogP contribution in [0.25, 0.3) is 11.0 Å². The average Bonchev–Trinajstić information content (AvgIpc) is 2.68. The van der Waals surface area contributed by atoms with Crippen LogP contribution < -0.4 is 5.32 Å². The van der Waals surface area contributed by atoms with Gasteiger partial charge in [0.1, 0.15) is 0 Å². The second-order valence-corrected chi connectivity index (χ2v) is 5.67. The molecule has 2 aromatic rings. The first-order chi connectivity index (χ1) is 8.40. The third kappa shape index (κ3) is 2.43. The van der Waals surface area contributed by atoms with Crippen molar-refractivity contribution in [2.45, 2.75) is 4.90 Å². The van der Waals surface area contributed by atoms with Crippen LogP contribution in [0.4, 0.5) is 10.7 Å². The molecule has 0 unspecified atom stereocenters. The van der Waals surface area contributed by atoms with Crippen LogP contribution in [0.15, 0.2) is 23.1 Å². The topological polar surface area (TPSA) is 101 Å². The number of nitrogens with one attached hydrogen (secondary N) is 2. The zero-order valence-electron chi connectivity index (χ0n) is 9.72. The molecule has 0 saturated heterocycles. The zero-order chi connectivity index (χ0) is 13.3. The van der Waals surface area contributed by atoms with E-state index in [1.165, 1.54) is 19.2 Å². The third-order valence-electron chi connectivity index (χ3n) is 2.29. The molecule has 1 amide bonds. The molecule has 0 radical (unpaired) electrons. The summed E-state index contributed by atoms with van der Waals surface area (Å²) >= 11 is 0. The standard InChI is InChI=1S/C10H11N3O4S/c1-17-10(14)13-9-11-7-4-3-6(18(2,15)16)5-8(7)12-9/h3-5H,1-2H3,(H2,11,12,13,14). The van der Waals surface area contributed by atoms with E-state index in [0.29, 0.717) is 11.0 Å². The highest BCUT2D eigenvalue weighted by Gasteiger charge is 2.11. The molecular weight excluding hydrogens is 258 g/mol. The van der Waals surface area contributed by atoms with Crippen LogP contribution in [0.5, 0.6) is 0 Å². The fourth-order valence-corrected chi connectivity index (χ4v) is 2.07. The summed E-state index contributed by atoms with van der Waals surface area (Å²) in [5.74, 6) is 0.197. The van der Waals surface area contributed by atoms with Crippen molar-refractivity contribution in [1.29, 1.82) is 0 Å². The van der Waals surface area contributed by atoms with Crippen LogP contribution in [0, 0.1) is 0 Å². The summed E-state index contributed by atoms with van der Waals surface area (Å²) in [5, 5.41) is 2.36. The van der Waals surface area contributed by atoms with Gasteiger partial charge in [0.25, 0.3) is 0 Å². The number of sulfone groups is 1. The lowest BCUT2D eigenvalue weighted by Crippen LogP contribution is -2.11. The quantitative estimate of drug-likeness (QED) is 0.851. The summed E-state index contributed by atoms with van der Waals surface area (Å²) in [5.41, 5.74) is 1.07. The van der Waals surface area contributed by atoms with E-state index in [-0.39, 0.29) is 10.8 Å². The number of H-pyrrole nitrogens is 1. The molecular formula is C10H11N3O4S. The summed E-state index contributed by atoms with van der Waals surface area (Å²) < 4.78 is 27.2.